The molecule has 0 atom stereocenters. The fraction of sp³-hybridized carbons (Fsp3) is 0.300. The van der Waals surface area contributed by atoms with Crippen molar-refractivity contribution in [3.05, 3.63) is 53.8 Å². The van der Waals surface area contributed by atoms with E-state index in [2.05, 4.69) is 9.71 Å². The minimum atomic E-state index is -3.76. The minimum absolute atomic E-state index is 0.120. The summed E-state index contributed by atoms with van der Waals surface area (Å²) in [6, 6.07) is 11.1. The third-order valence-corrected chi connectivity index (χ3v) is 6.07. The molecule has 154 valence electrons. The molecule has 7 nitrogen and oxygen atoms in total. The Balaban J connectivity index is 1.71. The van der Waals surface area contributed by atoms with Crippen LogP contribution in [0.25, 0.3) is 0 Å². The van der Waals surface area contributed by atoms with Crippen LogP contribution >= 0.6 is 0 Å². The number of fused-ring (bicyclic) bond motifs is 1. The number of likely N-dealkylation sites (N-methyl/N-ethyl adjacent to an activating group) is 1. The highest BCUT2D eigenvalue weighted by Gasteiger charge is 2.30. The Morgan fingerprint density at radius 1 is 1.17 bits per heavy atom. The summed E-state index contributed by atoms with van der Waals surface area (Å²) >= 11 is 0. The number of amidine groups is 1. The number of hydrogen-bond donors (Lipinski definition) is 1. The van der Waals surface area contributed by atoms with E-state index in [-0.39, 0.29) is 23.3 Å². The van der Waals surface area contributed by atoms with Crippen LogP contribution in [0.3, 0.4) is 0 Å². The lowest BCUT2D eigenvalue weighted by molar-refractivity contribution is -0.116. The van der Waals surface area contributed by atoms with Gasteiger partial charge in [-0.25, -0.2) is 4.39 Å². The Bertz CT molecular complexity index is 1080. The van der Waals surface area contributed by atoms with Crippen LogP contribution in [0.2, 0.25) is 0 Å². The number of carbonyl (C=O) groups is 1. The highest BCUT2D eigenvalue weighted by molar-refractivity contribution is 7.90. The van der Waals surface area contributed by atoms with Crippen molar-refractivity contribution in [1.82, 2.24) is 4.90 Å². The zero-order chi connectivity index (χ0) is 21.3. The van der Waals surface area contributed by atoms with Gasteiger partial charge in [0.1, 0.15) is 10.7 Å². The van der Waals surface area contributed by atoms with Gasteiger partial charge in [-0.3, -0.25) is 4.79 Å². The Kier molecular flexibility index (Phi) is 5.61. The average Bonchev–Trinajstić information content (AvgIpc) is 2.93. The fourth-order valence-electron chi connectivity index (χ4n) is 3.00. The highest BCUT2D eigenvalue weighted by atomic mass is 32.2. The van der Waals surface area contributed by atoms with Gasteiger partial charge in [-0.2, -0.15) is 8.42 Å². The van der Waals surface area contributed by atoms with E-state index in [0.717, 1.165) is 0 Å². The van der Waals surface area contributed by atoms with Gasteiger partial charge in [-0.15, -0.1) is 4.40 Å². The quantitative estimate of drug-likeness (QED) is 0.807. The Morgan fingerprint density at radius 2 is 1.86 bits per heavy atom. The molecular weight excluding hydrogens is 395 g/mol. The molecule has 0 saturated heterocycles. The van der Waals surface area contributed by atoms with Crippen molar-refractivity contribution < 1.29 is 17.6 Å². The van der Waals surface area contributed by atoms with Crippen LogP contribution in [0, 0.1) is 5.82 Å². The largest absolute Gasteiger partial charge is 0.370 e. The van der Waals surface area contributed by atoms with E-state index >= 15 is 0 Å². The first kappa shape index (κ1) is 20.8. The second kappa shape index (κ2) is 7.82. The summed E-state index contributed by atoms with van der Waals surface area (Å²) in [5.74, 6) is -0.648. The van der Waals surface area contributed by atoms with Crippen LogP contribution in [-0.2, 0) is 14.8 Å². The van der Waals surface area contributed by atoms with Crippen molar-refractivity contribution in [1.29, 1.82) is 0 Å². The summed E-state index contributed by atoms with van der Waals surface area (Å²) in [6.07, 6.45) is 0. The molecule has 0 unspecified atom stereocenters. The van der Waals surface area contributed by atoms with Gasteiger partial charge in [0.15, 0.2) is 5.84 Å². The standard InChI is InChI=1S/C20H23FN4O3S/c1-13(2)25(4)17-10-9-14(11-16(17)21)22-19(26)12-24(3)20-15-7-5-6-8-18(15)29(27,28)23-20/h5-11,13H,12H2,1-4H3,(H,22,26). The van der Waals surface area contributed by atoms with Crippen molar-refractivity contribution in [2.45, 2.75) is 24.8 Å². The Labute approximate surface area is 169 Å². The molecule has 0 aromatic heterocycles. The first-order valence-corrected chi connectivity index (χ1v) is 10.5. The SMILES string of the molecule is CC(C)N(C)c1ccc(NC(=O)CN(C)C2=NS(=O)(=O)c3ccccc32)cc1F. The van der Waals surface area contributed by atoms with Gasteiger partial charge in [-0.05, 0) is 44.2 Å². The molecule has 29 heavy (non-hydrogen) atoms. The summed E-state index contributed by atoms with van der Waals surface area (Å²) in [5, 5.41) is 2.63. The fourth-order valence-corrected chi connectivity index (χ4v) is 4.26. The Hall–Kier alpha value is -2.94. The maximum Gasteiger partial charge on any atom is 0.285 e. The van der Waals surface area contributed by atoms with E-state index in [4.69, 9.17) is 0 Å². The number of nitrogens with zero attached hydrogens (tertiary/aromatic N) is 3. The lowest BCUT2D eigenvalue weighted by atomic mass is 10.2. The van der Waals surface area contributed by atoms with Crippen molar-refractivity contribution in [3.8, 4) is 0 Å². The molecule has 0 saturated carbocycles. The molecule has 2 aromatic rings. The molecule has 0 aliphatic carbocycles. The van der Waals surface area contributed by atoms with E-state index in [0.29, 0.717) is 16.9 Å². The van der Waals surface area contributed by atoms with Gasteiger partial charge in [0, 0.05) is 31.4 Å². The number of rotatable bonds is 5. The smallest absolute Gasteiger partial charge is 0.285 e. The van der Waals surface area contributed by atoms with Crippen molar-refractivity contribution in [2.75, 3.05) is 30.9 Å². The van der Waals surface area contributed by atoms with Gasteiger partial charge in [0.2, 0.25) is 5.91 Å². The molecule has 1 N–H and O–H groups in total. The van der Waals surface area contributed by atoms with E-state index in [9.17, 15) is 17.6 Å². The lowest BCUT2D eigenvalue weighted by Gasteiger charge is -2.24. The summed E-state index contributed by atoms with van der Waals surface area (Å²) in [4.78, 5) is 15.8. The first-order chi connectivity index (χ1) is 13.6. The number of sulfonamides is 1. The van der Waals surface area contributed by atoms with Gasteiger partial charge in [0.25, 0.3) is 10.0 Å². The molecular formula is C20H23FN4O3S. The number of nitrogens with one attached hydrogen (secondary N) is 1. The highest BCUT2D eigenvalue weighted by Crippen LogP contribution is 2.27. The lowest BCUT2D eigenvalue weighted by Crippen LogP contribution is -2.35. The number of halogens is 1. The van der Waals surface area contributed by atoms with Crippen LogP contribution in [0.5, 0.6) is 0 Å². The molecule has 1 aliphatic rings. The van der Waals surface area contributed by atoms with E-state index in [1.165, 1.54) is 17.0 Å². The van der Waals surface area contributed by atoms with E-state index in [1.807, 2.05) is 13.8 Å². The molecule has 2 aromatic carbocycles. The minimum Gasteiger partial charge on any atom is -0.370 e. The van der Waals surface area contributed by atoms with Gasteiger partial charge < -0.3 is 15.1 Å². The second-order valence-corrected chi connectivity index (χ2v) is 8.73. The number of anilines is 2. The molecule has 0 spiro atoms. The molecule has 1 amide bonds. The number of hydrogen-bond acceptors (Lipinski definition) is 5. The molecule has 1 aliphatic heterocycles. The normalized spacial score (nSPS) is 14.3. The maximum atomic E-state index is 14.4. The molecule has 3 rings (SSSR count). The van der Waals surface area contributed by atoms with Crippen LogP contribution < -0.4 is 10.2 Å². The Morgan fingerprint density at radius 3 is 2.52 bits per heavy atom. The summed E-state index contributed by atoms with van der Waals surface area (Å²) in [6.45, 7) is 3.77. The second-order valence-electron chi connectivity index (χ2n) is 7.16. The van der Waals surface area contributed by atoms with Crippen LogP contribution in [0.4, 0.5) is 15.8 Å². The summed E-state index contributed by atoms with van der Waals surface area (Å²) < 4.78 is 42.5. The van der Waals surface area contributed by atoms with Gasteiger partial charge in [0.05, 0.1) is 12.2 Å². The molecule has 0 fully saturated rings. The summed E-state index contributed by atoms with van der Waals surface area (Å²) in [7, 11) is -0.383. The van der Waals surface area contributed by atoms with Crippen LogP contribution in [-0.4, -0.2) is 51.7 Å². The van der Waals surface area contributed by atoms with E-state index in [1.54, 1.807) is 49.3 Å². The number of amides is 1. The zero-order valence-corrected chi connectivity index (χ0v) is 17.5. The topological polar surface area (TPSA) is 82.1 Å². The maximum absolute atomic E-state index is 14.4. The predicted octanol–water partition coefficient (Wildman–Crippen LogP) is 2.69. The first-order valence-electron chi connectivity index (χ1n) is 9.08. The molecule has 0 radical (unpaired) electrons. The van der Waals surface area contributed by atoms with Crippen molar-refractivity contribution >= 4 is 33.1 Å². The number of carbonyl (C=O) groups excluding carboxylic acids is 1. The molecule has 0 bridgehead atoms. The van der Waals surface area contributed by atoms with E-state index < -0.39 is 21.7 Å². The van der Waals surface area contributed by atoms with Gasteiger partial charge in [-0.1, -0.05) is 12.1 Å². The monoisotopic (exact) mass is 418 g/mol. The van der Waals surface area contributed by atoms with Crippen molar-refractivity contribution in [2.24, 2.45) is 4.40 Å². The van der Waals surface area contributed by atoms with Crippen molar-refractivity contribution in [3.63, 3.8) is 0 Å². The molecule has 9 heteroatoms. The third kappa shape index (κ3) is 4.24. The molecule has 1 heterocycles. The van der Waals surface area contributed by atoms with Gasteiger partial charge >= 0.3 is 0 Å². The van der Waals surface area contributed by atoms with Crippen LogP contribution in [0.1, 0.15) is 19.4 Å². The number of benzene rings is 2. The summed E-state index contributed by atoms with van der Waals surface area (Å²) in [5.41, 5.74) is 1.22. The zero-order valence-electron chi connectivity index (χ0n) is 16.7. The third-order valence-electron chi connectivity index (χ3n) is 4.74. The predicted molar refractivity (Wildman–Crippen MR) is 111 cm³/mol. The average molecular weight is 418 g/mol. The van der Waals surface area contributed by atoms with Crippen LogP contribution in [0.15, 0.2) is 51.8 Å².